The van der Waals surface area contributed by atoms with Crippen molar-refractivity contribution in [2.45, 2.75) is 13.8 Å². The number of carboxylic acids is 1. The molecule has 100 valence electrons. The molecule has 2 rings (SSSR count). The van der Waals surface area contributed by atoms with Crippen molar-refractivity contribution in [1.29, 1.82) is 5.26 Å². The van der Waals surface area contributed by atoms with Gasteiger partial charge in [-0.05, 0) is 49.2 Å². The van der Waals surface area contributed by atoms with Gasteiger partial charge in [0.1, 0.15) is 11.9 Å². The van der Waals surface area contributed by atoms with Crippen LogP contribution in [-0.4, -0.2) is 16.1 Å². The number of carboxylic acid groups (broad SMARTS) is 1. The second-order valence-electron chi connectivity index (χ2n) is 4.42. The third-order valence-corrected chi connectivity index (χ3v) is 2.99. The quantitative estimate of drug-likeness (QED) is 0.892. The summed E-state index contributed by atoms with van der Waals surface area (Å²) in [6.45, 7) is 3.56. The first-order chi connectivity index (χ1) is 9.52. The second-order valence-corrected chi connectivity index (χ2v) is 4.42. The van der Waals surface area contributed by atoms with Crippen molar-refractivity contribution in [2.24, 2.45) is 0 Å². The molecule has 0 saturated heterocycles. The highest BCUT2D eigenvalue weighted by Gasteiger charge is 2.10. The molecular weight excluding hydrogens is 254 g/mol. The van der Waals surface area contributed by atoms with Crippen LogP contribution < -0.4 is 5.32 Å². The molecule has 2 N–H and O–H groups in total. The zero-order valence-corrected chi connectivity index (χ0v) is 11.1. The molecule has 0 aliphatic carbocycles. The Morgan fingerprint density at radius 2 is 2.05 bits per heavy atom. The lowest BCUT2D eigenvalue weighted by Crippen LogP contribution is -2.02. The number of rotatable bonds is 3. The Morgan fingerprint density at radius 3 is 2.65 bits per heavy atom. The summed E-state index contributed by atoms with van der Waals surface area (Å²) in [7, 11) is 0. The molecule has 0 fully saturated rings. The number of carbonyl (C=O) groups is 1. The Labute approximate surface area is 116 Å². The summed E-state index contributed by atoms with van der Waals surface area (Å²) in [5.74, 6) is -0.490. The largest absolute Gasteiger partial charge is 0.478 e. The summed E-state index contributed by atoms with van der Waals surface area (Å²) >= 11 is 0. The average molecular weight is 267 g/mol. The fourth-order valence-electron chi connectivity index (χ4n) is 1.91. The molecule has 0 unspecified atom stereocenters. The van der Waals surface area contributed by atoms with E-state index in [9.17, 15) is 4.79 Å². The maximum absolute atomic E-state index is 11.0. The van der Waals surface area contributed by atoms with Crippen molar-refractivity contribution in [3.63, 3.8) is 0 Å². The Balaban J connectivity index is 2.37. The van der Waals surface area contributed by atoms with E-state index in [1.165, 1.54) is 6.07 Å². The lowest BCUT2D eigenvalue weighted by molar-refractivity contribution is 0.0696. The zero-order chi connectivity index (χ0) is 14.7. The molecule has 0 amide bonds. The molecule has 0 aliphatic heterocycles. The fourth-order valence-corrected chi connectivity index (χ4v) is 1.91. The second kappa shape index (κ2) is 5.41. The number of anilines is 2. The van der Waals surface area contributed by atoms with Gasteiger partial charge < -0.3 is 10.4 Å². The van der Waals surface area contributed by atoms with E-state index in [2.05, 4.69) is 16.4 Å². The van der Waals surface area contributed by atoms with Crippen LogP contribution in [0.4, 0.5) is 11.5 Å². The van der Waals surface area contributed by atoms with Gasteiger partial charge in [-0.15, -0.1) is 0 Å². The number of aromatic nitrogens is 1. The highest BCUT2D eigenvalue weighted by molar-refractivity contribution is 5.90. The van der Waals surface area contributed by atoms with Gasteiger partial charge in [-0.2, -0.15) is 5.26 Å². The van der Waals surface area contributed by atoms with Crippen LogP contribution in [0.5, 0.6) is 0 Å². The van der Waals surface area contributed by atoms with Crippen LogP contribution in [0.1, 0.15) is 27.0 Å². The maximum atomic E-state index is 11.0. The zero-order valence-electron chi connectivity index (χ0n) is 11.1. The molecule has 0 spiro atoms. The van der Waals surface area contributed by atoms with Crippen LogP contribution >= 0.6 is 0 Å². The molecule has 0 aliphatic rings. The van der Waals surface area contributed by atoms with Crippen LogP contribution in [0.2, 0.25) is 0 Å². The van der Waals surface area contributed by atoms with E-state index in [1.807, 2.05) is 6.92 Å². The molecule has 0 atom stereocenters. The number of pyridine rings is 1. The highest BCUT2D eigenvalue weighted by atomic mass is 16.4. The van der Waals surface area contributed by atoms with E-state index >= 15 is 0 Å². The third-order valence-electron chi connectivity index (χ3n) is 2.99. The van der Waals surface area contributed by atoms with Crippen LogP contribution in [0.25, 0.3) is 0 Å². The molecule has 2 aromatic rings. The average Bonchev–Trinajstić information content (AvgIpc) is 2.38. The van der Waals surface area contributed by atoms with Gasteiger partial charge in [0.2, 0.25) is 0 Å². The molecule has 20 heavy (non-hydrogen) atoms. The third kappa shape index (κ3) is 2.59. The van der Waals surface area contributed by atoms with Crippen molar-refractivity contribution in [2.75, 3.05) is 5.32 Å². The van der Waals surface area contributed by atoms with Crippen molar-refractivity contribution < 1.29 is 9.90 Å². The van der Waals surface area contributed by atoms with Crippen LogP contribution in [0.3, 0.4) is 0 Å². The van der Waals surface area contributed by atoms with Gasteiger partial charge in [0.25, 0.3) is 0 Å². The Bertz CT molecular complexity index is 718. The van der Waals surface area contributed by atoms with Gasteiger partial charge in [0, 0.05) is 11.9 Å². The van der Waals surface area contributed by atoms with Crippen LogP contribution in [0.15, 0.2) is 30.5 Å². The number of hydrogen-bond acceptors (Lipinski definition) is 4. The lowest BCUT2D eigenvalue weighted by atomic mass is 10.1. The minimum absolute atomic E-state index is 0.258. The molecule has 0 saturated carbocycles. The van der Waals surface area contributed by atoms with Gasteiger partial charge in [0.05, 0.1) is 11.1 Å². The monoisotopic (exact) mass is 267 g/mol. The number of aryl methyl sites for hydroxylation is 2. The van der Waals surface area contributed by atoms with Crippen molar-refractivity contribution in [3.8, 4) is 6.07 Å². The topological polar surface area (TPSA) is 86.0 Å². The first-order valence-electron chi connectivity index (χ1n) is 5.99. The first kappa shape index (κ1) is 13.6. The molecule has 0 radical (unpaired) electrons. The summed E-state index contributed by atoms with van der Waals surface area (Å²) in [6, 6.07) is 8.78. The van der Waals surface area contributed by atoms with Gasteiger partial charge in [-0.25, -0.2) is 9.78 Å². The number of nitriles is 1. The summed E-state index contributed by atoms with van der Waals surface area (Å²) in [6.07, 6.45) is 1.62. The van der Waals surface area contributed by atoms with Crippen molar-refractivity contribution in [1.82, 2.24) is 4.98 Å². The summed E-state index contributed by atoms with van der Waals surface area (Å²) in [4.78, 5) is 15.1. The van der Waals surface area contributed by atoms with E-state index in [0.717, 1.165) is 5.56 Å². The Morgan fingerprint density at radius 1 is 1.30 bits per heavy atom. The van der Waals surface area contributed by atoms with E-state index < -0.39 is 5.97 Å². The maximum Gasteiger partial charge on any atom is 0.335 e. The number of nitrogens with zero attached hydrogens (tertiary/aromatic N) is 2. The molecule has 5 nitrogen and oxygen atoms in total. The summed E-state index contributed by atoms with van der Waals surface area (Å²) < 4.78 is 0. The van der Waals surface area contributed by atoms with Gasteiger partial charge in [-0.1, -0.05) is 0 Å². The van der Waals surface area contributed by atoms with E-state index in [1.54, 1.807) is 31.3 Å². The number of hydrogen-bond donors (Lipinski definition) is 2. The summed E-state index contributed by atoms with van der Waals surface area (Å²) in [5.41, 5.74) is 2.92. The van der Waals surface area contributed by atoms with Crippen LogP contribution in [-0.2, 0) is 0 Å². The van der Waals surface area contributed by atoms with Crippen LogP contribution in [0, 0.1) is 25.2 Å². The number of benzene rings is 1. The van der Waals surface area contributed by atoms with E-state index in [0.29, 0.717) is 22.6 Å². The smallest absolute Gasteiger partial charge is 0.335 e. The predicted molar refractivity (Wildman–Crippen MR) is 75.1 cm³/mol. The minimum Gasteiger partial charge on any atom is -0.478 e. The highest BCUT2D eigenvalue weighted by Crippen LogP contribution is 2.22. The SMILES string of the molecule is Cc1cc(Nc2nccc(C)c2C#N)ccc1C(=O)O. The Hall–Kier alpha value is -2.87. The molecule has 0 bridgehead atoms. The molecular formula is C15H13N3O2. The first-order valence-corrected chi connectivity index (χ1v) is 5.99. The molecule has 5 heteroatoms. The van der Waals surface area contributed by atoms with Crippen molar-refractivity contribution >= 4 is 17.5 Å². The molecule has 1 heterocycles. The van der Waals surface area contributed by atoms with E-state index in [-0.39, 0.29) is 5.56 Å². The normalized spacial score (nSPS) is 9.85. The van der Waals surface area contributed by atoms with Gasteiger partial charge in [0.15, 0.2) is 0 Å². The number of nitrogens with one attached hydrogen (secondary N) is 1. The van der Waals surface area contributed by atoms with Crippen molar-refractivity contribution in [3.05, 3.63) is 52.7 Å². The Kier molecular flexibility index (Phi) is 3.67. The fraction of sp³-hybridized carbons (Fsp3) is 0.133. The minimum atomic E-state index is -0.958. The lowest BCUT2D eigenvalue weighted by Gasteiger charge is -2.10. The number of aromatic carboxylic acids is 1. The summed E-state index contributed by atoms with van der Waals surface area (Å²) in [5, 5.41) is 21.2. The predicted octanol–water partition coefficient (Wildman–Crippen LogP) is 3.01. The van der Waals surface area contributed by atoms with E-state index in [4.69, 9.17) is 10.4 Å². The van der Waals surface area contributed by atoms with Gasteiger partial charge in [-0.3, -0.25) is 0 Å². The standard InChI is InChI=1S/C15H13N3O2/c1-9-5-6-17-14(13(9)8-16)18-11-3-4-12(15(19)20)10(2)7-11/h3-7H,1-2H3,(H,17,18)(H,19,20). The molecule has 1 aromatic carbocycles. The van der Waals surface area contributed by atoms with Gasteiger partial charge >= 0.3 is 5.97 Å². The molecule has 1 aromatic heterocycles.